The maximum atomic E-state index is 8.85. The van der Waals surface area contributed by atoms with Crippen LogP contribution in [0.2, 0.25) is 0 Å². The molecule has 0 unspecified atom stereocenters. The zero-order valence-corrected chi connectivity index (χ0v) is 11.4. The van der Waals surface area contributed by atoms with E-state index < -0.39 is 0 Å². The Labute approximate surface area is 114 Å². The van der Waals surface area contributed by atoms with Crippen molar-refractivity contribution in [2.75, 3.05) is 0 Å². The van der Waals surface area contributed by atoms with Crippen LogP contribution in [0.1, 0.15) is 35.2 Å². The number of rotatable bonds is 4. The van der Waals surface area contributed by atoms with E-state index in [1.165, 1.54) is 11.1 Å². The molecule has 1 atom stereocenters. The van der Waals surface area contributed by atoms with Gasteiger partial charge in [0.15, 0.2) is 0 Å². The minimum Gasteiger partial charge on any atom is -0.306 e. The number of nitrogens with one attached hydrogen (secondary N) is 1. The second-order valence-corrected chi connectivity index (χ2v) is 4.77. The van der Waals surface area contributed by atoms with Gasteiger partial charge in [-0.15, -0.1) is 0 Å². The zero-order valence-electron chi connectivity index (χ0n) is 11.4. The summed E-state index contributed by atoms with van der Waals surface area (Å²) in [6, 6.07) is 18.7. The Kier molecular flexibility index (Phi) is 4.33. The number of benzene rings is 2. The smallest absolute Gasteiger partial charge is 0.0991 e. The minimum atomic E-state index is 0.316. The van der Waals surface area contributed by atoms with E-state index in [-0.39, 0.29) is 0 Å². The van der Waals surface area contributed by atoms with Crippen molar-refractivity contribution in [3.8, 4) is 6.07 Å². The predicted octanol–water partition coefficient (Wildman–Crippen LogP) is 3.72. The fraction of sp³-hybridized carbons (Fsp3) is 0.235. The Morgan fingerprint density at radius 3 is 2.53 bits per heavy atom. The van der Waals surface area contributed by atoms with Crippen molar-refractivity contribution in [2.45, 2.75) is 26.4 Å². The molecule has 0 aromatic heterocycles. The molecule has 0 saturated heterocycles. The van der Waals surface area contributed by atoms with Crippen LogP contribution in [-0.4, -0.2) is 0 Å². The van der Waals surface area contributed by atoms with Crippen molar-refractivity contribution >= 4 is 0 Å². The topological polar surface area (TPSA) is 35.8 Å². The van der Waals surface area contributed by atoms with Gasteiger partial charge in [-0.1, -0.05) is 36.4 Å². The predicted molar refractivity (Wildman–Crippen MR) is 77.6 cm³/mol. The van der Waals surface area contributed by atoms with Gasteiger partial charge in [0.25, 0.3) is 0 Å². The summed E-state index contributed by atoms with van der Waals surface area (Å²) >= 11 is 0. The quantitative estimate of drug-likeness (QED) is 0.897. The zero-order chi connectivity index (χ0) is 13.7. The van der Waals surface area contributed by atoms with Crippen molar-refractivity contribution in [2.24, 2.45) is 0 Å². The molecule has 0 amide bonds. The van der Waals surface area contributed by atoms with Crippen molar-refractivity contribution in [1.82, 2.24) is 5.32 Å². The van der Waals surface area contributed by atoms with E-state index in [0.29, 0.717) is 6.04 Å². The van der Waals surface area contributed by atoms with E-state index in [1.54, 1.807) is 0 Å². The largest absolute Gasteiger partial charge is 0.306 e. The summed E-state index contributed by atoms with van der Waals surface area (Å²) in [5.74, 6) is 0. The van der Waals surface area contributed by atoms with Crippen LogP contribution in [0.4, 0.5) is 0 Å². The Morgan fingerprint density at radius 2 is 1.89 bits per heavy atom. The lowest BCUT2D eigenvalue weighted by molar-refractivity contribution is 0.573. The highest BCUT2D eigenvalue weighted by Crippen LogP contribution is 2.14. The summed E-state index contributed by atoms with van der Waals surface area (Å²) in [7, 11) is 0. The maximum absolute atomic E-state index is 8.85. The SMILES string of the molecule is Cc1cc(C#N)ccc1CN[C@H](C)c1ccccc1. The molecule has 0 fully saturated rings. The monoisotopic (exact) mass is 250 g/mol. The third kappa shape index (κ3) is 3.43. The lowest BCUT2D eigenvalue weighted by Gasteiger charge is -2.15. The molecule has 0 saturated carbocycles. The molecular formula is C17H18N2. The Bertz CT molecular complexity index is 582. The fourth-order valence-corrected chi connectivity index (χ4v) is 2.09. The molecular weight excluding hydrogens is 232 g/mol. The maximum Gasteiger partial charge on any atom is 0.0991 e. The first-order valence-electron chi connectivity index (χ1n) is 6.48. The molecule has 0 aliphatic carbocycles. The molecule has 0 spiro atoms. The van der Waals surface area contributed by atoms with Crippen molar-refractivity contribution in [1.29, 1.82) is 5.26 Å². The molecule has 2 heteroatoms. The number of aryl methyl sites for hydroxylation is 1. The molecule has 0 bridgehead atoms. The van der Waals surface area contributed by atoms with E-state index in [0.717, 1.165) is 17.7 Å². The van der Waals surface area contributed by atoms with Gasteiger partial charge in [0.05, 0.1) is 11.6 Å². The first kappa shape index (κ1) is 13.3. The van der Waals surface area contributed by atoms with Gasteiger partial charge in [-0.05, 0) is 42.7 Å². The average molecular weight is 250 g/mol. The van der Waals surface area contributed by atoms with Gasteiger partial charge < -0.3 is 5.32 Å². The van der Waals surface area contributed by atoms with Gasteiger partial charge in [0, 0.05) is 12.6 Å². The molecule has 0 heterocycles. The Balaban J connectivity index is 2.01. The van der Waals surface area contributed by atoms with Crippen LogP contribution in [-0.2, 0) is 6.54 Å². The highest BCUT2D eigenvalue weighted by atomic mass is 14.9. The normalized spacial score (nSPS) is 11.8. The highest BCUT2D eigenvalue weighted by Gasteiger charge is 2.05. The summed E-state index contributed by atoms with van der Waals surface area (Å²) in [4.78, 5) is 0. The minimum absolute atomic E-state index is 0.316. The van der Waals surface area contributed by atoms with Gasteiger partial charge in [0.2, 0.25) is 0 Å². The molecule has 0 radical (unpaired) electrons. The Morgan fingerprint density at radius 1 is 1.16 bits per heavy atom. The molecule has 2 aromatic carbocycles. The Hall–Kier alpha value is -2.11. The molecule has 19 heavy (non-hydrogen) atoms. The van der Waals surface area contributed by atoms with E-state index >= 15 is 0 Å². The van der Waals surface area contributed by atoms with Crippen LogP contribution < -0.4 is 5.32 Å². The standard InChI is InChI=1S/C17H18N2/c1-13-10-15(11-18)8-9-17(13)12-19-14(2)16-6-4-3-5-7-16/h3-10,14,19H,12H2,1-2H3/t14-/m1/s1. The van der Waals surface area contributed by atoms with E-state index in [9.17, 15) is 0 Å². The van der Waals surface area contributed by atoms with Crippen LogP contribution in [0, 0.1) is 18.3 Å². The van der Waals surface area contributed by atoms with Crippen LogP contribution >= 0.6 is 0 Å². The second kappa shape index (κ2) is 6.17. The average Bonchev–Trinajstić information content (AvgIpc) is 2.46. The lowest BCUT2D eigenvalue weighted by Crippen LogP contribution is -2.18. The van der Waals surface area contributed by atoms with E-state index in [2.05, 4.69) is 42.6 Å². The number of nitriles is 1. The molecule has 1 N–H and O–H groups in total. The van der Waals surface area contributed by atoms with Gasteiger partial charge in [-0.3, -0.25) is 0 Å². The number of hydrogen-bond donors (Lipinski definition) is 1. The highest BCUT2D eigenvalue weighted by molar-refractivity contribution is 5.37. The van der Waals surface area contributed by atoms with Gasteiger partial charge in [-0.2, -0.15) is 5.26 Å². The molecule has 0 aliphatic rings. The number of hydrogen-bond acceptors (Lipinski definition) is 2. The van der Waals surface area contributed by atoms with Crippen LogP contribution in [0.3, 0.4) is 0 Å². The van der Waals surface area contributed by atoms with Gasteiger partial charge in [0.1, 0.15) is 0 Å². The van der Waals surface area contributed by atoms with Crippen molar-refractivity contribution in [3.63, 3.8) is 0 Å². The summed E-state index contributed by atoms with van der Waals surface area (Å²) in [6.07, 6.45) is 0. The first-order chi connectivity index (χ1) is 9.20. The van der Waals surface area contributed by atoms with Crippen LogP contribution in [0.5, 0.6) is 0 Å². The summed E-state index contributed by atoms with van der Waals surface area (Å²) < 4.78 is 0. The second-order valence-electron chi connectivity index (χ2n) is 4.77. The van der Waals surface area contributed by atoms with Crippen molar-refractivity contribution < 1.29 is 0 Å². The van der Waals surface area contributed by atoms with Crippen LogP contribution in [0.15, 0.2) is 48.5 Å². The third-order valence-electron chi connectivity index (χ3n) is 3.37. The molecule has 0 aliphatic heterocycles. The number of nitrogens with zero attached hydrogens (tertiary/aromatic N) is 1. The molecule has 2 nitrogen and oxygen atoms in total. The third-order valence-corrected chi connectivity index (χ3v) is 3.37. The van der Waals surface area contributed by atoms with E-state index in [1.807, 2.05) is 31.2 Å². The van der Waals surface area contributed by atoms with Crippen LogP contribution in [0.25, 0.3) is 0 Å². The summed E-state index contributed by atoms with van der Waals surface area (Å²) in [5.41, 5.74) is 4.40. The van der Waals surface area contributed by atoms with E-state index in [4.69, 9.17) is 5.26 Å². The molecule has 2 aromatic rings. The summed E-state index contributed by atoms with van der Waals surface area (Å²) in [6.45, 7) is 5.02. The molecule has 2 rings (SSSR count). The fourth-order valence-electron chi connectivity index (χ4n) is 2.09. The van der Waals surface area contributed by atoms with Crippen molar-refractivity contribution in [3.05, 3.63) is 70.8 Å². The van der Waals surface area contributed by atoms with Gasteiger partial charge in [-0.25, -0.2) is 0 Å². The van der Waals surface area contributed by atoms with Gasteiger partial charge >= 0.3 is 0 Å². The lowest BCUT2D eigenvalue weighted by atomic mass is 10.0. The summed E-state index contributed by atoms with van der Waals surface area (Å²) in [5, 5.41) is 12.4. The molecule has 96 valence electrons. The first-order valence-corrected chi connectivity index (χ1v) is 6.48.